The number of carbonyl (C=O) groups is 2. The molecule has 0 atom stereocenters. The molecule has 1 amide bonds. The minimum Gasteiger partial charge on any atom is -0.459 e. The van der Waals surface area contributed by atoms with E-state index in [-0.39, 0.29) is 18.8 Å². The van der Waals surface area contributed by atoms with E-state index in [1.54, 1.807) is 0 Å². The van der Waals surface area contributed by atoms with Crippen molar-refractivity contribution in [2.45, 2.75) is 20.5 Å². The van der Waals surface area contributed by atoms with Gasteiger partial charge in [0.2, 0.25) is 0 Å². The number of fused-ring (bicyclic) bond motifs is 1. The van der Waals surface area contributed by atoms with E-state index in [0.29, 0.717) is 21.6 Å². The molecular formula is C20H17ClN2O5. The number of pyridine rings is 1. The van der Waals surface area contributed by atoms with Crippen molar-refractivity contribution in [3.63, 3.8) is 0 Å². The third kappa shape index (κ3) is 4.37. The van der Waals surface area contributed by atoms with Crippen LogP contribution in [0.4, 0.5) is 0 Å². The molecule has 1 N–H and O–H groups in total. The Bertz CT molecular complexity index is 1120. The second-order valence-electron chi connectivity index (χ2n) is 6.18. The van der Waals surface area contributed by atoms with Gasteiger partial charge in [0.15, 0.2) is 0 Å². The van der Waals surface area contributed by atoms with E-state index in [1.807, 2.05) is 26.0 Å². The quantitative estimate of drug-likeness (QED) is 0.522. The summed E-state index contributed by atoms with van der Waals surface area (Å²) in [5, 5.41) is 3.47. The average Bonchev–Trinajstić information content (AvgIpc) is 2.67. The summed E-state index contributed by atoms with van der Waals surface area (Å²) in [4.78, 5) is 39.7. The van der Waals surface area contributed by atoms with Gasteiger partial charge in [-0.1, -0.05) is 23.7 Å². The molecule has 2 heterocycles. The number of amides is 1. The van der Waals surface area contributed by atoms with E-state index in [9.17, 15) is 14.4 Å². The van der Waals surface area contributed by atoms with Gasteiger partial charge in [-0.05, 0) is 37.1 Å². The summed E-state index contributed by atoms with van der Waals surface area (Å²) in [6.45, 7) is 3.31. The second kappa shape index (κ2) is 8.22. The molecule has 0 spiro atoms. The first kappa shape index (κ1) is 19.6. The normalized spacial score (nSPS) is 10.7. The maximum atomic E-state index is 12.0. The highest BCUT2D eigenvalue weighted by atomic mass is 35.5. The van der Waals surface area contributed by atoms with Gasteiger partial charge in [0.1, 0.15) is 24.4 Å². The molecule has 3 rings (SSSR count). The van der Waals surface area contributed by atoms with Crippen molar-refractivity contribution >= 4 is 34.4 Å². The van der Waals surface area contributed by atoms with Crippen LogP contribution in [0.5, 0.6) is 0 Å². The Labute approximate surface area is 165 Å². The lowest BCUT2D eigenvalue weighted by Crippen LogP contribution is -2.31. The zero-order valence-electron chi connectivity index (χ0n) is 15.2. The largest absolute Gasteiger partial charge is 0.459 e. The number of ether oxygens (including phenoxy) is 1. The van der Waals surface area contributed by atoms with E-state index < -0.39 is 17.5 Å². The van der Waals surface area contributed by atoms with Crippen LogP contribution in [-0.2, 0) is 16.1 Å². The number of aryl methyl sites for hydroxylation is 2. The summed E-state index contributed by atoms with van der Waals surface area (Å²) in [5.41, 5.74) is 2.42. The summed E-state index contributed by atoms with van der Waals surface area (Å²) in [5.74, 6) is -1.20. The Morgan fingerprint density at radius 3 is 2.75 bits per heavy atom. The van der Waals surface area contributed by atoms with Crippen LogP contribution in [0, 0.1) is 13.8 Å². The number of hydrogen-bond acceptors (Lipinski definition) is 6. The number of carbonyl (C=O) groups excluding carboxylic acids is 2. The molecule has 0 bridgehead atoms. The molecular weight excluding hydrogens is 384 g/mol. The van der Waals surface area contributed by atoms with Gasteiger partial charge in [-0.2, -0.15) is 0 Å². The summed E-state index contributed by atoms with van der Waals surface area (Å²) >= 11 is 5.81. The van der Waals surface area contributed by atoms with Crippen molar-refractivity contribution in [2.24, 2.45) is 0 Å². The van der Waals surface area contributed by atoms with Gasteiger partial charge in [0.05, 0.1) is 0 Å². The average molecular weight is 401 g/mol. The minimum atomic E-state index is -0.652. The Hall–Kier alpha value is -3.19. The summed E-state index contributed by atoms with van der Waals surface area (Å²) < 4.78 is 10.5. The van der Waals surface area contributed by atoms with Crippen LogP contribution in [0.1, 0.15) is 27.2 Å². The number of nitrogens with zero attached hydrogens (tertiary/aromatic N) is 1. The molecule has 3 aromatic rings. The monoisotopic (exact) mass is 400 g/mol. The highest BCUT2D eigenvalue weighted by Crippen LogP contribution is 2.23. The summed E-state index contributed by atoms with van der Waals surface area (Å²) in [7, 11) is 0. The highest BCUT2D eigenvalue weighted by molar-refractivity contribution is 6.30. The number of halogens is 1. The molecule has 0 aliphatic heterocycles. The maximum absolute atomic E-state index is 12.0. The molecule has 1 aromatic carbocycles. The molecule has 7 nitrogen and oxygen atoms in total. The molecule has 0 radical (unpaired) electrons. The van der Waals surface area contributed by atoms with Crippen molar-refractivity contribution in [1.29, 1.82) is 0 Å². The Kier molecular flexibility index (Phi) is 5.75. The number of nitrogens with one attached hydrogen (secondary N) is 1. The molecule has 28 heavy (non-hydrogen) atoms. The zero-order chi connectivity index (χ0) is 20.3. The molecule has 144 valence electrons. The first-order valence-corrected chi connectivity index (χ1v) is 8.81. The maximum Gasteiger partial charge on any atom is 0.336 e. The van der Waals surface area contributed by atoms with Crippen molar-refractivity contribution in [2.75, 3.05) is 6.54 Å². The molecule has 0 saturated heterocycles. The van der Waals surface area contributed by atoms with Gasteiger partial charge < -0.3 is 14.5 Å². The van der Waals surface area contributed by atoms with Crippen LogP contribution in [0.3, 0.4) is 0 Å². The Morgan fingerprint density at radius 1 is 1.21 bits per heavy atom. The second-order valence-corrected chi connectivity index (χ2v) is 6.61. The number of rotatable bonds is 5. The van der Waals surface area contributed by atoms with Crippen LogP contribution in [-0.4, -0.2) is 23.4 Å². The fourth-order valence-corrected chi connectivity index (χ4v) is 2.78. The van der Waals surface area contributed by atoms with Gasteiger partial charge >= 0.3 is 11.6 Å². The van der Waals surface area contributed by atoms with E-state index in [1.165, 1.54) is 24.4 Å². The standard InChI is InChI=1S/C20H17ClN2O5/c1-11-3-4-15-13(7-17(24)28-19(15)12(11)2)10-27-18(25)9-23-20(26)16-8-14(21)5-6-22-16/h3-8H,9-10H2,1-2H3,(H,23,26). The van der Waals surface area contributed by atoms with Crippen LogP contribution < -0.4 is 10.9 Å². The molecule has 0 aliphatic carbocycles. The smallest absolute Gasteiger partial charge is 0.336 e. The molecule has 2 aromatic heterocycles. The lowest BCUT2D eigenvalue weighted by Gasteiger charge is -2.10. The lowest BCUT2D eigenvalue weighted by molar-refractivity contribution is -0.143. The highest BCUT2D eigenvalue weighted by Gasteiger charge is 2.13. The third-order valence-electron chi connectivity index (χ3n) is 4.25. The Balaban J connectivity index is 1.66. The fraction of sp³-hybridized carbons (Fsp3) is 0.200. The Morgan fingerprint density at radius 2 is 2.00 bits per heavy atom. The van der Waals surface area contributed by atoms with E-state index in [4.69, 9.17) is 20.8 Å². The van der Waals surface area contributed by atoms with Crippen molar-refractivity contribution in [3.05, 3.63) is 74.4 Å². The van der Waals surface area contributed by atoms with E-state index in [2.05, 4.69) is 10.3 Å². The topological polar surface area (TPSA) is 98.5 Å². The van der Waals surface area contributed by atoms with Crippen molar-refractivity contribution in [3.8, 4) is 0 Å². The van der Waals surface area contributed by atoms with Crippen LogP contribution >= 0.6 is 11.6 Å². The summed E-state index contributed by atoms with van der Waals surface area (Å²) in [6, 6.07) is 7.94. The van der Waals surface area contributed by atoms with Gasteiger partial charge in [0.25, 0.3) is 5.91 Å². The van der Waals surface area contributed by atoms with Gasteiger partial charge in [-0.15, -0.1) is 0 Å². The van der Waals surface area contributed by atoms with Crippen molar-refractivity contribution in [1.82, 2.24) is 10.3 Å². The summed E-state index contributed by atoms with van der Waals surface area (Å²) in [6.07, 6.45) is 1.39. The predicted molar refractivity (Wildman–Crippen MR) is 103 cm³/mol. The van der Waals surface area contributed by atoms with Gasteiger partial charge in [-0.3, -0.25) is 14.6 Å². The number of esters is 1. The van der Waals surface area contributed by atoms with Crippen LogP contribution in [0.25, 0.3) is 11.0 Å². The predicted octanol–water partition coefficient (Wildman–Crippen LogP) is 2.93. The molecule has 8 heteroatoms. The minimum absolute atomic E-state index is 0.0952. The van der Waals surface area contributed by atoms with E-state index in [0.717, 1.165) is 11.1 Å². The van der Waals surface area contributed by atoms with Crippen molar-refractivity contribution < 1.29 is 18.7 Å². The first-order valence-electron chi connectivity index (χ1n) is 8.43. The number of hydrogen-bond donors (Lipinski definition) is 1. The van der Waals surface area contributed by atoms with Crippen LogP contribution in [0.2, 0.25) is 5.02 Å². The lowest BCUT2D eigenvalue weighted by atomic mass is 10.0. The fourth-order valence-electron chi connectivity index (χ4n) is 2.63. The molecule has 0 saturated carbocycles. The first-order chi connectivity index (χ1) is 13.3. The van der Waals surface area contributed by atoms with Gasteiger partial charge in [-0.25, -0.2) is 4.79 Å². The van der Waals surface area contributed by atoms with Crippen LogP contribution in [0.15, 0.2) is 45.7 Å². The zero-order valence-corrected chi connectivity index (χ0v) is 16.0. The molecule has 0 aliphatic rings. The van der Waals surface area contributed by atoms with Gasteiger partial charge in [0, 0.05) is 28.2 Å². The number of benzene rings is 1. The SMILES string of the molecule is Cc1ccc2c(COC(=O)CNC(=O)c3cc(Cl)ccn3)cc(=O)oc2c1C. The molecule has 0 unspecified atom stereocenters. The molecule has 0 fully saturated rings. The third-order valence-corrected chi connectivity index (χ3v) is 4.49. The number of aromatic nitrogens is 1. The van der Waals surface area contributed by atoms with E-state index >= 15 is 0 Å².